The smallest absolute Gasteiger partial charge is 0.180 e. The molecule has 90 valence electrons. The number of aryl methyl sites for hydroxylation is 2. The summed E-state index contributed by atoms with van der Waals surface area (Å²) in [7, 11) is 0. The maximum Gasteiger partial charge on any atom is 0.180 e. The number of halogens is 1. The second kappa shape index (κ2) is 4.84. The van der Waals surface area contributed by atoms with Crippen molar-refractivity contribution >= 4 is 16.5 Å². The fraction of sp³-hybridized carbons (Fsp3) is 0.308. The number of aromatic nitrogens is 1. The van der Waals surface area contributed by atoms with E-state index < -0.39 is 0 Å². The van der Waals surface area contributed by atoms with E-state index in [1.165, 1.54) is 11.3 Å². The van der Waals surface area contributed by atoms with Gasteiger partial charge < -0.3 is 5.73 Å². The predicted octanol–water partition coefficient (Wildman–Crippen LogP) is 3.33. The Balaban J connectivity index is 2.27. The van der Waals surface area contributed by atoms with Gasteiger partial charge in [-0.05, 0) is 30.5 Å². The number of thiazole rings is 1. The van der Waals surface area contributed by atoms with E-state index in [-0.39, 0.29) is 5.82 Å². The lowest BCUT2D eigenvalue weighted by molar-refractivity contribution is 0.616. The molecule has 0 aliphatic carbocycles. The van der Waals surface area contributed by atoms with Crippen molar-refractivity contribution in [2.45, 2.75) is 26.7 Å². The van der Waals surface area contributed by atoms with Crippen LogP contribution in [0.1, 0.15) is 28.6 Å². The molecule has 4 heteroatoms. The summed E-state index contributed by atoms with van der Waals surface area (Å²) in [5.74, 6) is -0.155. The van der Waals surface area contributed by atoms with Crippen LogP contribution in [0.3, 0.4) is 0 Å². The molecule has 2 aromatic rings. The summed E-state index contributed by atoms with van der Waals surface area (Å²) in [6.07, 6.45) is 1.56. The summed E-state index contributed by atoms with van der Waals surface area (Å²) in [6, 6.07) is 5.35. The lowest BCUT2D eigenvalue weighted by atomic mass is 10.1. The predicted molar refractivity (Wildman–Crippen MR) is 69.8 cm³/mol. The molecule has 2 rings (SSSR count). The third kappa shape index (κ3) is 2.64. The molecular formula is C13H15FN2S. The summed E-state index contributed by atoms with van der Waals surface area (Å²) in [5.41, 5.74) is 8.36. The van der Waals surface area contributed by atoms with Crippen LogP contribution in [0.4, 0.5) is 9.52 Å². The molecule has 0 bridgehead atoms. The van der Waals surface area contributed by atoms with Crippen LogP contribution in [0, 0.1) is 12.7 Å². The van der Waals surface area contributed by atoms with Crippen molar-refractivity contribution in [1.29, 1.82) is 0 Å². The quantitative estimate of drug-likeness (QED) is 0.907. The van der Waals surface area contributed by atoms with Crippen molar-refractivity contribution in [2.24, 2.45) is 0 Å². The van der Waals surface area contributed by atoms with Gasteiger partial charge in [0.25, 0.3) is 0 Å². The van der Waals surface area contributed by atoms with E-state index in [0.29, 0.717) is 17.1 Å². The molecule has 0 atom stereocenters. The number of hydrogen-bond donors (Lipinski definition) is 1. The first-order chi connectivity index (χ1) is 8.10. The van der Waals surface area contributed by atoms with E-state index in [0.717, 1.165) is 22.6 Å². The Morgan fingerprint density at radius 1 is 1.41 bits per heavy atom. The summed E-state index contributed by atoms with van der Waals surface area (Å²) in [6.45, 7) is 3.81. The highest BCUT2D eigenvalue weighted by Gasteiger charge is 2.09. The van der Waals surface area contributed by atoms with E-state index in [2.05, 4.69) is 4.98 Å². The second-order valence-corrected chi connectivity index (χ2v) is 5.15. The van der Waals surface area contributed by atoms with Gasteiger partial charge >= 0.3 is 0 Å². The molecule has 0 aliphatic rings. The zero-order chi connectivity index (χ0) is 12.4. The number of benzene rings is 1. The summed E-state index contributed by atoms with van der Waals surface area (Å²) in [4.78, 5) is 5.40. The fourth-order valence-electron chi connectivity index (χ4n) is 1.75. The molecule has 0 saturated carbocycles. The van der Waals surface area contributed by atoms with Crippen molar-refractivity contribution in [1.82, 2.24) is 4.98 Å². The Morgan fingerprint density at radius 3 is 2.82 bits per heavy atom. The average molecular weight is 250 g/mol. The number of anilines is 1. The molecule has 0 unspecified atom stereocenters. The molecule has 1 aromatic heterocycles. The molecule has 2 nitrogen and oxygen atoms in total. The maximum atomic E-state index is 13.4. The molecule has 1 heterocycles. The van der Waals surface area contributed by atoms with Crippen molar-refractivity contribution in [3.63, 3.8) is 0 Å². The van der Waals surface area contributed by atoms with Gasteiger partial charge in [0, 0.05) is 11.3 Å². The number of rotatable bonds is 3. The SMILES string of the molecule is CCc1nc(N)sc1Cc1ccc(C)c(F)c1. The number of nitrogen functional groups attached to an aromatic ring is 1. The molecule has 0 saturated heterocycles. The molecular weight excluding hydrogens is 235 g/mol. The van der Waals surface area contributed by atoms with Gasteiger partial charge in [-0.3, -0.25) is 0 Å². The molecule has 0 fully saturated rings. The van der Waals surface area contributed by atoms with Crippen molar-refractivity contribution < 1.29 is 4.39 Å². The Bertz CT molecular complexity index is 534. The largest absolute Gasteiger partial charge is 0.375 e. The third-order valence-electron chi connectivity index (χ3n) is 2.73. The van der Waals surface area contributed by atoms with E-state index in [1.54, 1.807) is 19.1 Å². The van der Waals surface area contributed by atoms with Gasteiger partial charge in [0.05, 0.1) is 5.69 Å². The molecule has 0 aliphatic heterocycles. The minimum atomic E-state index is -0.155. The summed E-state index contributed by atoms with van der Waals surface area (Å²) in [5, 5.41) is 0.587. The monoisotopic (exact) mass is 250 g/mol. The number of nitrogens with zero attached hydrogens (tertiary/aromatic N) is 1. The Labute approximate surface area is 104 Å². The Hall–Kier alpha value is -1.42. The minimum Gasteiger partial charge on any atom is -0.375 e. The van der Waals surface area contributed by atoms with Gasteiger partial charge in [-0.25, -0.2) is 9.37 Å². The van der Waals surface area contributed by atoms with Crippen molar-refractivity contribution in [3.8, 4) is 0 Å². The van der Waals surface area contributed by atoms with E-state index in [9.17, 15) is 4.39 Å². The molecule has 0 spiro atoms. The Morgan fingerprint density at radius 2 is 2.18 bits per heavy atom. The third-order valence-corrected chi connectivity index (χ3v) is 3.66. The van der Waals surface area contributed by atoms with Crippen molar-refractivity contribution in [2.75, 3.05) is 5.73 Å². The summed E-state index contributed by atoms with van der Waals surface area (Å²) < 4.78 is 13.4. The van der Waals surface area contributed by atoms with Gasteiger partial charge in [0.1, 0.15) is 5.82 Å². The van der Waals surface area contributed by atoms with Crippen LogP contribution in [-0.4, -0.2) is 4.98 Å². The lowest BCUT2D eigenvalue weighted by Crippen LogP contribution is -1.93. The molecule has 17 heavy (non-hydrogen) atoms. The zero-order valence-electron chi connectivity index (χ0n) is 9.96. The van der Waals surface area contributed by atoms with Gasteiger partial charge in [0.2, 0.25) is 0 Å². The highest BCUT2D eigenvalue weighted by molar-refractivity contribution is 7.15. The van der Waals surface area contributed by atoms with Gasteiger partial charge in [0.15, 0.2) is 5.13 Å². The minimum absolute atomic E-state index is 0.155. The topological polar surface area (TPSA) is 38.9 Å². The highest BCUT2D eigenvalue weighted by atomic mass is 32.1. The van der Waals surface area contributed by atoms with Crippen LogP contribution in [0.2, 0.25) is 0 Å². The fourth-order valence-corrected chi connectivity index (χ4v) is 2.70. The second-order valence-electron chi connectivity index (χ2n) is 4.04. The van der Waals surface area contributed by atoms with Crippen LogP contribution in [0.5, 0.6) is 0 Å². The van der Waals surface area contributed by atoms with E-state index in [1.807, 2.05) is 13.0 Å². The first-order valence-corrected chi connectivity index (χ1v) is 6.41. The van der Waals surface area contributed by atoms with Crippen molar-refractivity contribution in [3.05, 3.63) is 45.7 Å². The molecule has 1 aromatic carbocycles. The zero-order valence-corrected chi connectivity index (χ0v) is 10.8. The first kappa shape index (κ1) is 12.0. The van der Waals surface area contributed by atoms with Gasteiger partial charge in [-0.1, -0.05) is 19.1 Å². The van der Waals surface area contributed by atoms with E-state index in [4.69, 9.17) is 5.73 Å². The van der Waals surface area contributed by atoms with Gasteiger partial charge in [-0.2, -0.15) is 0 Å². The molecule has 2 N–H and O–H groups in total. The van der Waals surface area contributed by atoms with E-state index >= 15 is 0 Å². The first-order valence-electron chi connectivity index (χ1n) is 5.59. The van der Waals surface area contributed by atoms with Crippen LogP contribution in [-0.2, 0) is 12.8 Å². The maximum absolute atomic E-state index is 13.4. The van der Waals surface area contributed by atoms with Crippen LogP contribution >= 0.6 is 11.3 Å². The molecule has 0 amide bonds. The standard InChI is InChI=1S/C13H15FN2S/c1-3-11-12(17-13(15)16-11)7-9-5-4-8(2)10(14)6-9/h4-6H,3,7H2,1-2H3,(H2,15,16). The molecule has 0 radical (unpaired) electrons. The van der Waals surface area contributed by atoms with Crippen LogP contribution in [0.15, 0.2) is 18.2 Å². The van der Waals surface area contributed by atoms with Gasteiger partial charge in [-0.15, -0.1) is 11.3 Å². The average Bonchev–Trinajstić information content (AvgIpc) is 2.64. The Kier molecular flexibility index (Phi) is 3.43. The number of nitrogens with two attached hydrogens (primary N) is 1. The summed E-state index contributed by atoms with van der Waals surface area (Å²) >= 11 is 1.49. The van der Waals surface area contributed by atoms with Crippen LogP contribution in [0.25, 0.3) is 0 Å². The normalized spacial score (nSPS) is 10.8. The van der Waals surface area contributed by atoms with Crippen LogP contribution < -0.4 is 5.73 Å². The lowest BCUT2D eigenvalue weighted by Gasteiger charge is -2.03. The number of hydrogen-bond acceptors (Lipinski definition) is 3. The highest BCUT2D eigenvalue weighted by Crippen LogP contribution is 2.24.